The van der Waals surface area contributed by atoms with Gasteiger partial charge in [-0.15, -0.1) is 0 Å². The minimum absolute atomic E-state index is 0.0269. The van der Waals surface area contributed by atoms with Crippen molar-refractivity contribution in [1.82, 2.24) is 0 Å². The molecule has 0 N–H and O–H groups in total. The van der Waals surface area contributed by atoms with Crippen LogP contribution in [0.25, 0.3) is 10.6 Å². The summed E-state index contributed by atoms with van der Waals surface area (Å²) < 4.78 is 13.9. The van der Waals surface area contributed by atoms with E-state index in [-0.39, 0.29) is 21.2 Å². The third kappa shape index (κ3) is 2.78. The average Bonchev–Trinajstić information content (AvgIpc) is 2.44. The number of nitriles is 1. The fraction of sp³-hybridized carbons (Fsp3) is 0. The smallest absolute Gasteiger partial charge is 0.150 e. The molecule has 0 spiro atoms. The van der Waals surface area contributed by atoms with E-state index in [4.69, 9.17) is 23.2 Å². The molecule has 0 radical (unpaired) electrons. The molecule has 2 aromatic rings. The van der Waals surface area contributed by atoms with Crippen molar-refractivity contribution in [3.05, 3.63) is 70.5 Å². The van der Waals surface area contributed by atoms with Crippen molar-refractivity contribution >= 4 is 33.8 Å². The van der Waals surface area contributed by atoms with Crippen molar-refractivity contribution in [2.45, 2.75) is 0 Å². The minimum Gasteiger partial charge on any atom is -0.205 e. The molecule has 0 fully saturated rings. The highest BCUT2D eigenvalue weighted by molar-refractivity contribution is 6.53. The second kappa shape index (κ2) is 5.88. The molecule has 94 valence electrons. The molecule has 1 nitrogen and oxygen atoms in total. The number of hydrogen-bond acceptors (Lipinski definition) is 1. The molecule has 0 amide bonds. The highest BCUT2D eigenvalue weighted by Crippen LogP contribution is 2.32. The summed E-state index contributed by atoms with van der Waals surface area (Å²) in [7, 11) is 0. The van der Waals surface area contributed by atoms with E-state index in [9.17, 15) is 9.65 Å². The Morgan fingerprint density at radius 3 is 2.37 bits per heavy atom. The molecule has 4 heteroatoms. The van der Waals surface area contributed by atoms with Gasteiger partial charge in [-0.25, -0.2) is 4.39 Å². The highest BCUT2D eigenvalue weighted by Gasteiger charge is 2.14. The Balaban J connectivity index is 2.63. The minimum atomic E-state index is -0.627. The van der Waals surface area contributed by atoms with Crippen LogP contribution in [-0.4, -0.2) is 0 Å². The Kier molecular flexibility index (Phi) is 4.21. The first-order valence-corrected chi connectivity index (χ1v) is 6.20. The van der Waals surface area contributed by atoms with Crippen molar-refractivity contribution in [2.24, 2.45) is 0 Å². The van der Waals surface area contributed by atoms with Gasteiger partial charge in [0, 0.05) is 5.56 Å². The van der Waals surface area contributed by atoms with Gasteiger partial charge in [-0.1, -0.05) is 65.7 Å². The molecule has 19 heavy (non-hydrogen) atoms. The summed E-state index contributed by atoms with van der Waals surface area (Å²) in [5.74, 6) is -0.627. The fourth-order valence-electron chi connectivity index (χ4n) is 1.65. The van der Waals surface area contributed by atoms with E-state index in [1.807, 2.05) is 12.1 Å². The molecule has 0 saturated carbocycles. The monoisotopic (exact) mass is 291 g/mol. The number of benzene rings is 2. The second-order valence-corrected chi connectivity index (χ2v) is 4.55. The molecule has 2 aromatic carbocycles. The van der Waals surface area contributed by atoms with Gasteiger partial charge in [0.25, 0.3) is 0 Å². The summed E-state index contributed by atoms with van der Waals surface area (Å²) in [5, 5.41) is 9.25. The van der Waals surface area contributed by atoms with E-state index >= 15 is 0 Å². The molecule has 2 rings (SSSR count). The Hall–Kier alpha value is -1.82. The number of halogens is 3. The van der Waals surface area contributed by atoms with Crippen LogP contribution in [0.2, 0.25) is 5.02 Å². The van der Waals surface area contributed by atoms with E-state index in [0.29, 0.717) is 5.56 Å². The van der Waals surface area contributed by atoms with E-state index < -0.39 is 5.82 Å². The van der Waals surface area contributed by atoms with Gasteiger partial charge in [0.15, 0.2) is 5.82 Å². The van der Waals surface area contributed by atoms with Gasteiger partial charge in [0.2, 0.25) is 0 Å². The molecule has 0 aromatic heterocycles. The van der Waals surface area contributed by atoms with Gasteiger partial charge in [0.1, 0.15) is 6.07 Å². The summed E-state index contributed by atoms with van der Waals surface area (Å²) in [5.41, 5.74) is 0.965. The quantitative estimate of drug-likeness (QED) is 0.557. The Labute approximate surface area is 120 Å². The third-order valence-corrected chi connectivity index (χ3v) is 3.27. The summed E-state index contributed by atoms with van der Waals surface area (Å²) >= 11 is 11.9. The van der Waals surface area contributed by atoms with Crippen LogP contribution in [0.1, 0.15) is 11.1 Å². The van der Waals surface area contributed by atoms with E-state index in [0.717, 1.165) is 0 Å². The molecule has 0 aliphatic carbocycles. The largest absolute Gasteiger partial charge is 0.205 e. The summed E-state index contributed by atoms with van der Waals surface area (Å²) in [6, 6.07) is 15.4. The molecular weight excluding hydrogens is 284 g/mol. The van der Waals surface area contributed by atoms with E-state index in [1.54, 1.807) is 30.3 Å². The zero-order chi connectivity index (χ0) is 13.8. The van der Waals surface area contributed by atoms with Crippen LogP contribution in [0.3, 0.4) is 0 Å². The third-order valence-electron chi connectivity index (χ3n) is 2.58. The Morgan fingerprint density at radius 1 is 1.05 bits per heavy atom. The zero-order valence-corrected chi connectivity index (χ0v) is 11.2. The predicted octanol–water partition coefficient (Wildman–Crippen LogP) is 5.11. The first-order valence-electron chi connectivity index (χ1n) is 5.45. The van der Waals surface area contributed by atoms with Gasteiger partial charge < -0.3 is 0 Å². The molecule has 0 saturated heterocycles. The van der Waals surface area contributed by atoms with E-state index in [1.165, 1.54) is 12.1 Å². The van der Waals surface area contributed by atoms with Crippen LogP contribution >= 0.6 is 23.2 Å². The topological polar surface area (TPSA) is 23.8 Å². The lowest BCUT2D eigenvalue weighted by Gasteiger charge is -2.06. The molecule has 0 unspecified atom stereocenters. The SMILES string of the molecule is N#C/C(=C(\Cl)c1cccc(Cl)c1F)c1ccccc1. The summed E-state index contributed by atoms with van der Waals surface area (Å²) in [4.78, 5) is 0. The molecule has 0 aliphatic rings. The average molecular weight is 292 g/mol. The van der Waals surface area contributed by atoms with Crippen LogP contribution in [0.15, 0.2) is 48.5 Å². The predicted molar refractivity (Wildman–Crippen MR) is 76.1 cm³/mol. The molecule has 0 heterocycles. The van der Waals surface area contributed by atoms with Gasteiger partial charge in [0.05, 0.1) is 15.6 Å². The lowest BCUT2D eigenvalue weighted by Crippen LogP contribution is -1.90. The lowest BCUT2D eigenvalue weighted by atomic mass is 10.0. The number of hydrogen-bond donors (Lipinski definition) is 0. The number of rotatable bonds is 2. The number of allylic oxidation sites excluding steroid dienone is 1. The van der Waals surface area contributed by atoms with Gasteiger partial charge in [-0.3, -0.25) is 0 Å². The first-order chi connectivity index (χ1) is 9.15. The van der Waals surface area contributed by atoms with Crippen LogP contribution in [-0.2, 0) is 0 Å². The Bertz CT molecular complexity index is 672. The van der Waals surface area contributed by atoms with Gasteiger partial charge in [-0.05, 0) is 11.6 Å². The Morgan fingerprint density at radius 2 is 1.74 bits per heavy atom. The van der Waals surface area contributed by atoms with Crippen LogP contribution in [0.5, 0.6) is 0 Å². The highest BCUT2D eigenvalue weighted by atomic mass is 35.5. The second-order valence-electron chi connectivity index (χ2n) is 3.77. The van der Waals surface area contributed by atoms with Gasteiger partial charge >= 0.3 is 0 Å². The van der Waals surface area contributed by atoms with Crippen molar-refractivity contribution in [2.75, 3.05) is 0 Å². The molecular formula is C15H8Cl2FN. The normalized spacial score (nSPS) is 11.7. The van der Waals surface area contributed by atoms with Crippen molar-refractivity contribution < 1.29 is 4.39 Å². The number of nitrogens with zero attached hydrogens (tertiary/aromatic N) is 1. The van der Waals surface area contributed by atoms with Crippen molar-refractivity contribution in [1.29, 1.82) is 5.26 Å². The van der Waals surface area contributed by atoms with Crippen molar-refractivity contribution in [3.63, 3.8) is 0 Å². The summed E-state index contributed by atoms with van der Waals surface area (Å²) in [6.45, 7) is 0. The standard InChI is InChI=1S/C15H8Cl2FN/c16-13-8-4-7-11(15(13)18)14(17)12(9-19)10-5-2-1-3-6-10/h1-8H/b14-12+. The van der Waals surface area contributed by atoms with Crippen molar-refractivity contribution in [3.8, 4) is 6.07 Å². The zero-order valence-electron chi connectivity index (χ0n) is 9.70. The lowest BCUT2D eigenvalue weighted by molar-refractivity contribution is 0.625. The van der Waals surface area contributed by atoms with Crippen LogP contribution in [0.4, 0.5) is 4.39 Å². The van der Waals surface area contributed by atoms with Crippen LogP contribution < -0.4 is 0 Å². The maximum atomic E-state index is 13.9. The molecule has 0 bridgehead atoms. The maximum Gasteiger partial charge on any atom is 0.150 e. The molecule has 0 atom stereocenters. The van der Waals surface area contributed by atoms with E-state index in [2.05, 4.69) is 0 Å². The first kappa shape index (κ1) is 13.6. The summed E-state index contributed by atoms with van der Waals surface area (Å²) in [6.07, 6.45) is 0. The molecule has 0 aliphatic heterocycles. The fourth-order valence-corrected chi connectivity index (χ4v) is 2.13. The maximum absolute atomic E-state index is 13.9. The van der Waals surface area contributed by atoms with Crippen LogP contribution in [0, 0.1) is 17.1 Å². The van der Waals surface area contributed by atoms with Gasteiger partial charge in [-0.2, -0.15) is 5.26 Å².